The highest BCUT2D eigenvalue weighted by Gasteiger charge is 2.44. The maximum absolute atomic E-state index is 13.0. The van der Waals surface area contributed by atoms with Crippen molar-refractivity contribution >= 4 is 5.91 Å². The summed E-state index contributed by atoms with van der Waals surface area (Å²) in [6.45, 7) is 3.71. The van der Waals surface area contributed by atoms with Gasteiger partial charge in [-0.25, -0.2) is 0 Å². The Morgan fingerprint density at radius 2 is 0.983 bits per heavy atom. The fraction of sp³-hybridized carbons (Fsp3) is 0.816. The summed E-state index contributed by atoms with van der Waals surface area (Å²) in [5, 5.41) is 54.1. The van der Waals surface area contributed by atoms with E-state index in [0.29, 0.717) is 6.42 Å². The molecule has 1 aliphatic rings. The highest BCUT2D eigenvalue weighted by molar-refractivity contribution is 5.76. The van der Waals surface area contributed by atoms with Crippen molar-refractivity contribution in [3.8, 4) is 0 Å². The number of ether oxygens (including phenoxy) is 2. The Morgan fingerprint density at radius 1 is 0.569 bits per heavy atom. The maximum Gasteiger partial charge on any atom is 0.220 e. The van der Waals surface area contributed by atoms with Crippen molar-refractivity contribution in [1.29, 1.82) is 0 Å². The van der Waals surface area contributed by atoms with E-state index in [9.17, 15) is 30.3 Å². The third-order valence-electron chi connectivity index (χ3n) is 11.1. The van der Waals surface area contributed by atoms with Gasteiger partial charge in [0.05, 0.1) is 25.4 Å². The first-order valence-electron chi connectivity index (χ1n) is 23.9. The molecule has 7 unspecified atom stereocenters. The third kappa shape index (κ3) is 29.4. The summed E-state index contributed by atoms with van der Waals surface area (Å²) < 4.78 is 11.2. The van der Waals surface area contributed by atoms with Crippen LogP contribution in [-0.2, 0) is 14.3 Å². The van der Waals surface area contributed by atoms with Crippen molar-refractivity contribution in [2.24, 2.45) is 0 Å². The van der Waals surface area contributed by atoms with E-state index in [-0.39, 0.29) is 12.5 Å². The van der Waals surface area contributed by atoms with Gasteiger partial charge in [-0.15, -0.1) is 0 Å². The molecular formula is C49H89NO8. The Labute approximate surface area is 354 Å². The summed E-state index contributed by atoms with van der Waals surface area (Å²) in [5.41, 5.74) is 0. The molecule has 0 bridgehead atoms. The lowest BCUT2D eigenvalue weighted by Crippen LogP contribution is -2.60. The van der Waals surface area contributed by atoms with E-state index in [1.54, 1.807) is 6.08 Å². The molecule has 0 aromatic carbocycles. The van der Waals surface area contributed by atoms with Crippen LogP contribution in [0.15, 0.2) is 48.6 Å². The number of amides is 1. The Hall–Kier alpha value is -1.85. The van der Waals surface area contributed by atoms with E-state index in [1.807, 2.05) is 6.08 Å². The summed E-state index contributed by atoms with van der Waals surface area (Å²) in [7, 11) is 0. The fourth-order valence-corrected chi connectivity index (χ4v) is 7.24. The Kier molecular flexibility index (Phi) is 36.7. The van der Waals surface area contributed by atoms with Gasteiger partial charge in [0.15, 0.2) is 6.29 Å². The van der Waals surface area contributed by atoms with Crippen LogP contribution >= 0.6 is 0 Å². The van der Waals surface area contributed by atoms with Crippen LogP contribution in [0.2, 0.25) is 0 Å². The summed E-state index contributed by atoms with van der Waals surface area (Å²) in [6.07, 6.45) is 43.0. The predicted octanol–water partition coefficient (Wildman–Crippen LogP) is 10.2. The van der Waals surface area contributed by atoms with Crippen LogP contribution in [0.3, 0.4) is 0 Å². The Morgan fingerprint density at radius 3 is 1.48 bits per heavy atom. The van der Waals surface area contributed by atoms with Gasteiger partial charge < -0.3 is 40.3 Å². The number of hydrogen-bond acceptors (Lipinski definition) is 8. The van der Waals surface area contributed by atoms with E-state index in [2.05, 4.69) is 55.6 Å². The van der Waals surface area contributed by atoms with E-state index in [1.165, 1.54) is 116 Å². The highest BCUT2D eigenvalue weighted by Crippen LogP contribution is 2.22. The third-order valence-corrected chi connectivity index (χ3v) is 11.1. The summed E-state index contributed by atoms with van der Waals surface area (Å²) in [4.78, 5) is 13.0. The zero-order valence-electron chi connectivity index (χ0n) is 37.0. The maximum atomic E-state index is 13.0. The van der Waals surface area contributed by atoms with Gasteiger partial charge >= 0.3 is 0 Å². The van der Waals surface area contributed by atoms with Gasteiger partial charge in [0, 0.05) is 6.42 Å². The summed E-state index contributed by atoms with van der Waals surface area (Å²) in [6, 6.07) is -0.829. The topological polar surface area (TPSA) is 149 Å². The number of aliphatic hydroxyl groups excluding tert-OH is 5. The van der Waals surface area contributed by atoms with Gasteiger partial charge in [0.2, 0.25) is 5.91 Å². The molecule has 9 heteroatoms. The molecular weight excluding hydrogens is 731 g/mol. The number of aliphatic hydroxyl groups is 5. The second-order valence-corrected chi connectivity index (χ2v) is 16.5. The quantitative estimate of drug-likeness (QED) is 0.0265. The lowest BCUT2D eigenvalue weighted by molar-refractivity contribution is -0.302. The molecule has 1 saturated heterocycles. The molecule has 7 atom stereocenters. The zero-order chi connectivity index (χ0) is 42.3. The molecule has 0 saturated carbocycles. The zero-order valence-corrected chi connectivity index (χ0v) is 37.0. The molecule has 6 N–H and O–H groups in total. The van der Waals surface area contributed by atoms with Crippen molar-refractivity contribution in [3.63, 3.8) is 0 Å². The minimum Gasteiger partial charge on any atom is -0.394 e. The van der Waals surface area contributed by atoms with Gasteiger partial charge in [-0.1, -0.05) is 172 Å². The molecule has 1 aliphatic heterocycles. The number of hydrogen-bond donors (Lipinski definition) is 6. The number of rotatable bonds is 39. The smallest absolute Gasteiger partial charge is 0.220 e. The van der Waals surface area contributed by atoms with Crippen molar-refractivity contribution in [3.05, 3.63) is 48.6 Å². The SMILES string of the molecule is CCCCC/C=C/CC/C=C/CC/C=C/C(O)C(COC1OC(CO)C(O)C(O)C1O)NC(=O)CCCCCCCCC/C=C\CCCCCCCCCCCCC. The number of nitrogens with one attached hydrogen (secondary N) is 1. The Balaban J connectivity index is 2.32. The first-order valence-corrected chi connectivity index (χ1v) is 23.9. The van der Waals surface area contributed by atoms with Gasteiger partial charge in [-0.3, -0.25) is 4.79 Å². The van der Waals surface area contributed by atoms with E-state index in [4.69, 9.17) is 9.47 Å². The fourth-order valence-electron chi connectivity index (χ4n) is 7.24. The first kappa shape index (κ1) is 54.2. The van der Waals surface area contributed by atoms with E-state index >= 15 is 0 Å². The molecule has 338 valence electrons. The van der Waals surface area contributed by atoms with Crippen LogP contribution in [0.4, 0.5) is 0 Å². The van der Waals surface area contributed by atoms with Gasteiger partial charge in [-0.2, -0.15) is 0 Å². The van der Waals surface area contributed by atoms with Crippen LogP contribution in [0.5, 0.6) is 0 Å². The summed E-state index contributed by atoms with van der Waals surface area (Å²) >= 11 is 0. The molecule has 0 aromatic rings. The van der Waals surface area contributed by atoms with Gasteiger partial charge in [-0.05, 0) is 70.6 Å². The summed E-state index contributed by atoms with van der Waals surface area (Å²) in [5.74, 6) is -0.197. The lowest BCUT2D eigenvalue weighted by Gasteiger charge is -2.40. The molecule has 0 aliphatic carbocycles. The molecule has 0 aromatic heterocycles. The van der Waals surface area contributed by atoms with Crippen molar-refractivity contribution in [2.45, 2.75) is 243 Å². The van der Waals surface area contributed by atoms with Crippen molar-refractivity contribution < 1.29 is 39.8 Å². The standard InChI is InChI=1S/C49H89NO8/c1-3-5-7-9-11-13-15-17-18-19-20-21-22-23-24-25-27-29-31-33-35-37-39-45(53)50-42(41-57-49-48(56)47(55)46(54)44(40-51)58-49)43(52)38-36-34-32-30-28-26-16-14-12-10-8-6-4-2/h12,14,22-23,28,30,36,38,42-44,46-49,51-52,54-56H,3-11,13,15-21,24-27,29,31-35,37,39-41H2,1-2H3,(H,50,53)/b14-12+,23-22-,30-28+,38-36+. The first-order chi connectivity index (χ1) is 28.3. The molecule has 0 radical (unpaired) electrons. The van der Waals surface area contributed by atoms with Crippen molar-refractivity contribution in [2.75, 3.05) is 13.2 Å². The number of unbranched alkanes of at least 4 members (excludes halogenated alkanes) is 23. The van der Waals surface area contributed by atoms with Gasteiger partial charge in [0.1, 0.15) is 24.4 Å². The van der Waals surface area contributed by atoms with Gasteiger partial charge in [0.25, 0.3) is 0 Å². The number of allylic oxidation sites excluding steroid dienone is 7. The molecule has 1 fully saturated rings. The van der Waals surface area contributed by atoms with Crippen molar-refractivity contribution in [1.82, 2.24) is 5.32 Å². The molecule has 1 rings (SSSR count). The highest BCUT2D eigenvalue weighted by atomic mass is 16.7. The van der Waals surface area contributed by atoms with Crippen LogP contribution in [0.25, 0.3) is 0 Å². The predicted molar refractivity (Wildman–Crippen MR) is 239 cm³/mol. The molecule has 0 spiro atoms. The lowest BCUT2D eigenvalue weighted by atomic mass is 9.99. The second kappa shape index (κ2) is 39.3. The largest absolute Gasteiger partial charge is 0.394 e. The average Bonchev–Trinajstić information content (AvgIpc) is 3.22. The molecule has 1 heterocycles. The van der Waals surface area contributed by atoms with Crippen LogP contribution < -0.4 is 5.32 Å². The minimum absolute atomic E-state index is 0.197. The minimum atomic E-state index is -1.57. The molecule has 1 amide bonds. The molecule has 9 nitrogen and oxygen atoms in total. The van der Waals surface area contributed by atoms with Crippen LogP contribution in [0.1, 0.15) is 200 Å². The Bertz CT molecular complexity index is 1050. The number of carbonyl (C=O) groups is 1. The number of carbonyl (C=O) groups excluding carboxylic acids is 1. The average molecular weight is 820 g/mol. The monoisotopic (exact) mass is 820 g/mol. The second-order valence-electron chi connectivity index (χ2n) is 16.5. The van der Waals surface area contributed by atoms with E-state index < -0.39 is 49.5 Å². The van der Waals surface area contributed by atoms with Crippen LogP contribution in [-0.4, -0.2) is 87.5 Å². The van der Waals surface area contributed by atoms with Crippen LogP contribution in [0, 0.1) is 0 Å². The normalized spacial score (nSPS) is 21.3. The molecule has 58 heavy (non-hydrogen) atoms. The van der Waals surface area contributed by atoms with E-state index in [0.717, 1.165) is 64.2 Å².